The van der Waals surface area contributed by atoms with Crippen LogP contribution in [-0.4, -0.2) is 29.4 Å². The van der Waals surface area contributed by atoms with E-state index in [-0.39, 0.29) is 11.9 Å². The Hall–Kier alpha value is -2.96. The number of fused-ring (bicyclic) bond motifs is 2. The second-order valence-corrected chi connectivity index (χ2v) is 6.09. The lowest BCUT2D eigenvalue weighted by molar-refractivity contribution is 0.0929. The van der Waals surface area contributed by atoms with Crippen LogP contribution >= 0.6 is 0 Å². The summed E-state index contributed by atoms with van der Waals surface area (Å²) in [4.78, 5) is 12.5. The minimum Gasteiger partial charge on any atom is -0.497 e. The topological polar surface area (TPSA) is 78.5 Å². The van der Waals surface area contributed by atoms with Gasteiger partial charge in [0.2, 0.25) is 5.88 Å². The van der Waals surface area contributed by atoms with Crippen molar-refractivity contribution in [1.29, 1.82) is 0 Å². The monoisotopic (exact) mass is 341 g/mol. The summed E-state index contributed by atoms with van der Waals surface area (Å²) in [5.41, 5.74) is 2.10. The van der Waals surface area contributed by atoms with E-state index in [0.717, 1.165) is 28.0 Å². The Bertz CT molecular complexity index is 935. The second kappa shape index (κ2) is 5.84. The van der Waals surface area contributed by atoms with Gasteiger partial charge in [-0.25, -0.2) is 4.68 Å². The van der Waals surface area contributed by atoms with Gasteiger partial charge in [0, 0.05) is 17.0 Å². The Morgan fingerprint density at radius 3 is 3.00 bits per heavy atom. The standard InChI is InChI=1S/C18H19N3O4/c1-10-13-8-12(23-3)4-5-15(13)25-17(10)11(2)19-18(22)14-9-16-21(20-14)6-7-24-16/h4-5,8-9,11H,6-7H2,1-3H3,(H,19,22). The van der Waals surface area contributed by atoms with Gasteiger partial charge in [0.15, 0.2) is 5.69 Å². The van der Waals surface area contributed by atoms with E-state index < -0.39 is 0 Å². The van der Waals surface area contributed by atoms with Crippen molar-refractivity contribution in [2.24, 2.45) is 0 Å². The Labute approximate surface area is 144 Å². The molecule has 130 valence electrons. The number of furan rings is 1. The van der Waals surface area contributed by atoms with E-state index in [4.69, 9.17) is 13.9 Å². The molecule has 3 aromatic rings. The average Bonchev–Trinajstić information content (AvgIpc) is 3.28. The molecule has 4 rings (SSSR count). The molecule has 25 heavy (non-hydrogen) atoms. The molecule has 1 unspecified atom stereocenters. The van der Waals surface area contributed by atoms with E-state index in [9.17, 15) is 4.79 Å². The van der Waals surface area contributed by atoms with Crippen LogP contribution in [0.2, 0.25) is 0 Å². The van der Waals surface area contributed by atoms with Crippen molar-refractivity contribution in [3.05, 3.63) is 41.3 Å². The molecule has 1 atom stereocenters. The zero-order chi connectivity index (χ0) is 17.6. The number of hydrogen-bond donors (Lipinski definition) is 1. The first kappa shape index (κ1) is 15.6. The van der Waals surface area contributed by atoms with Crippen molar-refractivity contribution >= 4 is 16.9 Å². The summed E-state index contributed by atoms with van der Waals surface area (Å²) in [6.07, 6.45) is 0. The zero-order valence-corrected chi connectivity index (χ0v) is 14.3. The maximum atomic E-state index is 12.5. The number of rotatable bonds is 4. The number of ether oxygens (including phenoxy) is 2. The molecule has 0 fully saturated rings. The van der Waals surface area contributed by atoms with E-state index in [2.05, 4.69) is 10.4 Å². The molecule has 0 spiro atoms. The SMILES string of the molecule is COc1ccc2oc(C(C)NC(=O)c3cc4n(n3)CCO4)c(C)c2c1. The number of carbonyl (C=O) groups is 1. The van der Waals surface area contributed by atoms with Gasteiger partial charge in [0.05, 0.1) is 19.7 Å². The van der Waals surface area contributed by atoms with Gasteiger partial charge in [-0.05, 0) is 32.0 Å². The molecule has 0 radical (unpaired) electrons. The summed E-state index contributed by atoms with van der Waals surface area (Å²) < 4.78 is 18.3. The molecule has 3 heterocycles. The maximum absolute atomic E-state index is 12.5. The first-order valence-electron chi connectivity index (χ1n) is 8.15. The first-order valence-corrected chi connectivity index (χ1v) is 8.15. The number of hydrogen-bond acceptors (Lipinski definition) is 5. The van der Waals surface area contributed by atoms with Crippen molar-refractivity contribution < 1.29 is 18.7 Å². The normalized spacial score (nSPS) is 14.2. The number of carbonyl (C=O) groups excluding carboxylic acids is 1. The van der Waals surface area contributed by atoms with Gasteiger partial charge < -0.3 is 19.2 Å². The summed E-state index contributed by atoms with van der Waals surface area (Å²) >= 11 is 0. The van der Waals surface area contributed by atoms with Crippen molar-refractivity contribution in [3.63, 3.8) is 0 Å². The van der Waals surface area contributed by atoms with E-state index in [1.807, 2.05) is 32.0 Å². The highest BCUT2D eigenvalue weighted by atomic mass is 16.5. The van der Waals surface area contributed by atoms with Gasteiger partial charge in [-0.3, -0.25) is 4.79 Å². The van der Waals surface area contributed by atoms with Crippen LogP contribution in [0.5, 0.6) is 11.6 Å². The van der Waals surface area contributed by atoms with Crippen LogP contribution in [0.4, 0.5) is 0 Å². The lowest BCUT2D eigenvalue weighted by Crippen LogP contribution is -2.27. The molecule has 0 bridgehead atoms. The molecule has 1 aromatic carbocycles. The van der Waals surface area contributed by atoms with Gasteiger partial charge in [-0.15, -0.1) is 0 Å². The van der Waals surface area contributed by atoms with Gasteiger partial charge in [-0.1, -0.05) is 0 Å². The predicted octanol–water partition coefficient (Wildman–Crippen LogP) is 2.83. The molecule has 7 nitrogen and oxygen atoms in total. The Morgan fingerprint density at radius 1 is 1.40 bits per heavy atom. The van der Waals surface area contributed by atoms with Crippen molar-refractivity contribution in [2.75, 3.05) is 13.7 Å². The van der Waals surface area contributed by atoms with E-state index in [1.54, 1.807) is 17.9 Å². The Morgan fingerprint density at radius 2 is 2.24 bits per heavy atom. The largest absolute Gasteiger partial charge is 0.497 e. The highest BCUT2D eigenvalue weighted by molar-refractivity contribution is 5.93. The third kappa shape index (κ3) is 2.61. The third-order valence-corrected chi connectivity index (χ3v) is 4.45. The summed E-state index contributed by atoms with van der Waals surface area (Å²) in [7, 11) is 1.63. The summed E-state index contributed by atoms with van der Waals surface area (Å²) in [5.74, 6) is 1.87. The van der Waals surface area contributed by atoms with Gasteiger partial charge in [-0.2, -0.15) is 5.10 Å². The molecule has 1 N–H and O–H groups in total. The first-order chi connectivity index (χ1) is 12.1. The third-order valence-electron chi connectivity index (χ3n) is 4.45. The molecule has 7 heteroatoms. The van der Waals surface area contributed by atoms with Crippen LogP contribution in [0.25, 0.3) is 11.0 Å². The van der Waals surface area contributed by atoms with Crippen molar-refractivity contribution in [1.82, 2.24) is 15.1 Å². The molecule has 0 saturated heterocycles. The van der Waals surface area contributed by atoms with Gasteiger partial charge in [0.1, 0.15) is 23.7 Å². The number of benzene rings is 1. The van der Waals surface area contributed by atoms with Crippen LogP contribution in [0, 0.1) is 6.92 Å². The molecule has 1 amide bonds. The van der Waals surface area contributed by atoms with E-state index in [0.29, 0.717) is 24.7 Å². The molecule has 2 aromatic heterocycles. The molecule has 1 aliphatic heterocycles. The second-order valence-electron chi connectivity index (χ2n) is 6.09. The molecule has 0 saturated carbocycles. The van der Waals surface area contributed by atoms with Crippen LogP contribution in [0.15, 0.2) is 28.7 Å². The summed E-state index contributed by atoms with van der Waals surface area (Å²) in [6, 6.07) is 7.03. The lowest BCUT2D eigenvalue weighted by atomic mass is 10.1. The Balaban J connectivity index is 1.57. The minimum atomic E-state index is -0.289. The Kier molecular flexibility index (Phi) is 3.63. The fourth-order valence-corrected chi connectivity index (χ4v) is 3.12. The number of nitrogens with one attached hydrogen (secondary N) is 1. The van der Waals surface area contributed by atoms with Gasteiger partial charge in [0.25, 0.3) is 5.91 Å². The smallest absolute Gasteiger partial charge is 0.272 e. The fourth-order valence-electron chi connectivity index (χ4n) is 3.12. The molecular formula is C18H19N3O4. The quantitative estimate of drug-likeness (QED) is 0.789. The predicted molar refractivity (Wildman–Crippen MR) is 91.1 cm³/mol. The van der Waals surface area contributed by atoms with Crippen LogP contribution in [0.3, 0.4) is 0 Å². The number of nitrogens with zero attached hydrogens (tertiary/aromatic N) is 2. The number of aryl methyl sites for hydroxylation is 1. The average molecular weight is 341 g/mol. The van der Waals surface area contributed by atoms with Crippen molar-refractivity contribution in [2.45, 2.75) is 26.4 Å². The van der Waals surface area contributed by atoms with E-state index in [1.165, 1.54) is 0 Å². The van der Waals surface area contributed by atoms with Crippen LogP contribution < -0.4 is 14.8 Å². The molecule has 0 aliphatic carbocycles. The maximum Gasteiger partial charge on any atom is 0.272 e. The highest BCUT2D eigenvalue weighted by Gasteiger charge is 2.23. The minimum absolute atomic E-state index is 0.254. The van der Waals surface area contributed by atoms with Crippen LogP contribution in [-0.2, 0) is 6.54 Å². The number of methoxy groups -OCH3 is 1. The summed E-state index contributed by atoms with van der Waals surface area (Å²) in [5, 5.41) is 8.17. The highest BCUT2D eigenvalue weighted by Crippen LogP contribution is 2.32. The van der Waals surface area contributed by atoms with E-state index >= 15 is 0 Å². The van der Waals surface area contributed by atoms with Crippen molar-refractivity contribution in [3.8, 4) is 11.6 Å². The molecular weight excluding hydrogens is 322 g/mol. The number of aromatic nitrogens is 2. The van der Waals surface area contributed by atoms with Crippen LogP contribution in [0.1, 0.15) is 34.8 Å². The number of amides is 1. The van der Waals surface area contributed by atoms with Gasteiger partial charge >= 0.3 is 0 Å². The summed E-state index contributed by atoms with van der Waals surface area (Å²) in [6.45, 7) is 5.13. The molecule has 1 aliphatic rings. The fraction of sp³-hybridized carbons (Fsp3) is 0.333. The lowest BCUT2D eigenvalue weighted by Gasteiger charge is -2.11. The zero-order valence-electron chi connectivity index (χ0n) is 14.3.